The molecular formula is C16H16F2N2O3S. The maximum Gasteiger partial charge on any atom is 0.341 e. The van der Waals surface area contributed by atoms with Crippen molar-refractivity contribution in [3.63, 3.8) is 0 Å². The Hall–Kier alpha value is -2.48. The first-order chi connectivity index (χ1) is 11.3. The third kappa shape index (κ3) is 4.51. The highest BCUT2D eigenvalue weighted by Crippen LogP contribution is 2.21. The number of hydrogen-bond donors (Lipinski definition) is 2. The number of nitrogens with one attached hydrogen (secondary N) is 2. The Morgan fingerprint density at radius 2 is 1.79 bits per heavy atom. The van der Waals surface area contributed by atoms with Gasteiger partial charge in [0, 0.05) is 12.2 Å². The van der Waals surface area contributed by atoms with Gasteiger partial charge in [-0.1, -0.05) is 35.9 Å². The number of benzene rings is 2. The lowest BCUT2D eigenvalue weighted by molar-refractivity contribution is 0.235. The number of sulfone groups is 1. The first-order valence-electron chi connectivity index (χ1n) is 7.01. The fourth-order valence-electron chi connectivity index (χ4n) is 1.92. The number of halogens is 2. The molecule has 2 aromatic carbocycles. The minimum absolute atomic E-state index is 0.109. The van der Waals surface area contributed by atoms with Gasteiger partial charge < -0.3 is 10.6 Å². The zero-order valence-corrected chi connectivity index (χ0v) is 13.6. The average molecular weight is 354 g/mol. The maximum absolute atomic E-state index is 12.5. The van der Waals surface area contributed by atoms with Gasteiger partial charge >= 0.3 is 11.8 Å². The van der Waals surface area contributed by atoms with Crippen molar-refractivity contribution >= 4 is 21.6 Å². The molecule has 0 fully saturated rings. The molecule has 0 saturated heterocycles. The van der Waals surface area contributed by atoms with E-state index in [-0.39, 0.29) is 12.2 Å². The van der Waals surface area contributed by atoms with E-state index in [0.717, 1.165) is 23.3 Å². The van der Waals surface area contributed by atoms with Crippen LogP contribution in [0.3, 0.4) is 0 Å². The molecular weight excluding hydrogens is 338 g/mol. The molecule has 0 unspecified atom stereocenters. The Labute approximate surface area is 138 Å². The van der Waals surface area contributed by atoms with E-state index in [0.29, 0.717) is 0 Å². The second-order valence-electron chi connectivity index (χ2n) is 5.13. The molecule has 0 aliphatic carbocycles. The summed E-state index contributed by atoms with van der Waals surface area (Å²) < 4.78 is 47.9. The van der Waals surface area contributed by atoms with E-state index >= 15 is 0 Å². The Kier molecular flexibility index (Phi) is 5.50. The zero-order chi connectivity index (χ0) is 17.7. The molecule has 0 spiro atoms. The highest BCUT2D eigenvalue weighted by atomic mass is 32.2. The van der Waals surface area contributed by atoms with Crippen LogP contribution in [0, 0.1) is 6.92 Å². The van der Waals surface area contributed by atoms with Gasteiger partial charge in [-0.25, -0.2) is 13.2 Å². The van der Waals surface area contributed by atoms with Crippen LogP contribution in [0.25, 0.3) is 0 Å². The number of carbonyl (C=O) groups is 1. The van der Waals surface area contributed by atoms with Gasteiger partial charge in [0.1, 0.15) is 0 Å². The minimum Gasteiger partial charge on any atom is -0.334 e. The SMILES string of the molecule is Cc1ccc(CNC(=O)Nc2cccc(S(=O)(=O)C(F)F)c2)cc1. The van der Waals surface area contributed by atoms with E-state index in [2.05, 4.69) is 10.6 Å². The minimum atomic E-state index is -4.70. The number of rotatable bonds is 5. The summed E-state index contributed by atoms with van der Waals surface area (Å²) in [5.74, 6) is -3.51. The standard InChI is InChI=1S/C16H16F2N2O3S/c1-11-5-7-12(8-6-11)10-19-16(21)20-13-3-2-4-14(9-13)24(22,23)15(17)18/h2-9,15H,10H2,1H3,(H2,19,20,21). The Balaban J connectivity index is 2.00. The molecule has 0 saturated carbocycles. The second kappa shape index (κ2) is 7.39. The Morgan fingerprint density at radius 1 is 1.12 bits per heavy atom. The largest absolute Gasteiger partial charge is 0.341 e. The number of aryl methyl sites for hydroxylation is 1. The molecule has 0 heterocycles. The smallest absolute Gasteiger partial charge is 0.334 e. The van der Waals surface area contributed by atoms with Gasteiger partial charge in [-0.3, -0.25) is 0 Å². The van der Waals surface area contributed by atoms with Gasteiger partial charge in [0.25, 0.3) is 0 Å². The molecule has 8 heteroatoms. The predicted octanol–water partition coefficient (Wildman–Crippen LogP) is 3.31. The van der Waals surface area contributed by atoms with Gasteiger partial charge in [-0.05, 0) is 30.7 Å². The summed E-state index contributed by atoms with van der Waals surface area (Å²) in [6.07, 6.45) is 0. The van der Waals surface area contributed by atoms with Crippen LogP contribution in [0.5, 0.6) is 0 Å². The van der Waals surface area contributed by atoms with Crippen LogP contribution in [0.4, 0.5) is 19.3 Å². The van der Waals surface area contributed by atoms with Gasteiger partial charge in [0.2, 0.25) is 9.84 Å². The van der Waals surface area contributed by atoms with E-state index in [4.69, 9.17) is 0 Å². The lowest BCUT2D eigenvalue weighted by Crippen LogP contribution is -2.28. The molecule has 2 N–H and O–H groups in total. The molecule has 2 rings (SSSR count). The lowest BCUT2D eigenvalue weighted by atomic mass is 10.1. The molecule has 24 heavy (non-hydrogen) atoms. The molecule has 0 bridgehead atoms. The molecule has 0 radical (unpaired) electrons. The van der Waals surface area contributed by atoms with Crippen molar-refractivity contribution in [1.82, 2.24) is 5.32 Å². The molecule has 0 aliphatic rings. The van der Waals surface area contributed by atoms with Crippen molar-refractivity contribution < 1.29 is 22.0 Å². The van der Waals surface area contributed by atoms with E-state index < -0.39 is 26.5 Å². The van der Waals surface area contributed by atoms with E-state index in [1.807, 2.05) is 31.2 Å². The summed E-state index contributed by atoms with van der Waals surface area (Å²) in [4.78, 5) is 11.3. The molecule has 128 valence electrons. The maximum atomic E-state index is 12.5. The molecule has 2 aromatic rings. The van der Waals surface area contributed by atoms with Crippen molar-refractivity contribution in [2.45, 2.75) is 24.1 Å². The van der Waals surface area contributed by atoms with Crippen LogP contribution in [-0.4, -0.2) is 20.2 Å². The second-order valence-corrected chi connectivity index (χ2v) is 7.04. The van der Waals surface area contributed by atoms with E-state index in [9.17, 15) is 22.0 Å². The van der Waals surface area contributed by atoms with Crippen molar-refractivity contribution in [2.75, 3.05) is 5.32 Å². The van der Waals surface area contributed by atoms with Crippen LogP contribution in [0.15, 0.2) is 53.4 Å². The summed E-state index contributed by atoms with van der Waals surface area (Å²) in [6.45, 7) is 2.23. The monoisotopic (exact) mass is 354 g/mol. The number of carbonyl (C=O) groups excluding carboxylic acids is 1. The van der Waals surface area contributed by atoms with Crippen molar-refractivity contribution in [2.24, 2.45) is 0 Å². The van der Waals surface area contributed by atoms with Crippen LogP contribution in [-0.2, 0) is 16.4 Å². The quantitative estimate of drug-likeness (QED) is 0.865. The predicted molar refractivity (Wildman–Crippen MR) is 86.7 cm³/mol. The van der Waals surface area contributed by atoms with Gasteiger partial charge in [-0.15, -0.1) is 0 Å². The molecule has 0 aliphatic heterocycles. The van der Waals surface area contributed by atoms with Gasteiger partial charge in [-0.2, -0.15) is 8.78 Å². The van der Waals surface area contributed by atoms with E-state index in [1.165, 1.54) is 12.1 Å². The number of hydrogen-bond acceptors (Lipinski definition) is 3. The average Bonchev–Trinajstić information content (AvgIpc) is 2.54. The zero-order valence-electron chi connectivity index (χ0n) is 12.8. The molecule has 0 aromatic heterocycles. The normalized spacial score (nSPS) is 11.3. The number of alkyl halides is 2. The van der Waals surface area contributed by atoms with E-state index in [1.54, 1.807) is 0 Å². The van der Waals surface area contributed by atoms with Crippen LogP contribution >= 0.6 is 0 Å². The first kappa shape index (κ1) is 17.9. The highest BCUT2D eigenvalue weighted by Gasteiger charge is 2.26. The summed E-state index contributed by atoms with van der Waals surface area (Å²) >= 11 is 0. The van der Waals surface area contributed by atoms with Crippen LogP contribution in [0.1, 0.15) is 11.1 Å². The van der Waals surface area contributed by atoms with Gasteiger partial charge in [0.05, 0.1) is 4.90 Å². The number of urea groups is 1. The van der Waals surface area contributed by atoms with Gasteiger partial charge in [0.15, 0.2) is 0 Å². The first-order valence-corrected chi connectivity index (χ1v) is 8.56. The summed E-state index contributed by atoms with van der Waals surface area (Å²) in [5, 5.41) is 5.02. The molecule has 2 amide bonds. The summed E-state index contributed by atoms with van der Waals surface area (Å²) in [5.41, 5.74) is 2.10. The third-order valence-corrected chi connectivity index (χ3v) is 4.61. The van der Waals surface area contributed by atoms with Crippen molar-refractivity contribution in [3.05, 3.63) is 59.7 Å². The third-order valence-electron chi connectivity index (χ3n) is 3.23. The molecule has 5 nitrogen and oxygen atoms in total. The van der Waals surface area contributed by atoms with Crippen molar-refractivity contribution in [3.8, 4) is 0 Å². The summed E-state index contributed by atoms with van der Waals surface area (Å²) in [6, 6.07) is 11.7. The Morgan fingerprint density at radius 3 is 2.42 bits per heavy atom. The van der Waals surface area contributed by atoms with Crippen LogP contribution < -0.4 is 10.6 Å². The van der Waals surface area contributed by atoms with Crippen molar-refractivity contribution in [1.29, 1.82) is 0 Å². The lowest BCUT2D eigenvalue weighted by Gasteiger charge is -2.09. The highest BCUT2D eigenvalue weighted by molar-refractivity contribution is 7.91. The Bertz CT molecular complexity index is 821. The van der Waals surface area contributed by atoms with Crippen LogP contribution in [0.2, 0.25) is 0 Å². The number of amides is 2. The topological polar surface area (TPSA) is 75.3 Å². The summed E-state index contributed by atoms with van der Waals surface area (Å²) in [7, 11) is -4.70. The fraction of sp³-hybridized carbons (Fsp3) is 0.188. The molecule has 0 atom stereocenters. The number of anilines is 1. The fourth-order valence-corrected chi connectivity index (χ4v) is 2.68.